The van der Waals surface area contributed by atoms with E-state index in [1.54, 1.807) is 7.11 Å². The van der Waals surface area contributed by atoms with E-state index in [1.165, 1.54) is 0 Å². The van der Waals surface area contributed by atoms with Crippen molar-refractivity contribution < 1.29 is 9.53 Å². The summed E-state index contributed by atoms with van der Waals surface area (Å²) in [5, 5.41) is 6.32. The van der Waals surface area contributed by atoms with Crippen LogP contribution in [0.4, 0.5) is 11.4 Å². The Morgan fingerprint density at radius 3 is 2.15 bits per heavy atom. The van der Waals surface area contributed by atoms with E-state index in [9.17, 15) is 4.79 Å². The molecule has 0 radical (unpaired) electrons. The van der Waals surface area contributed by atoms with Crippen molar-refractivity contribution in [3.63, 3.8) is 0 Å². The summed E-state index contributed by atoms with van der Waals surface area (Å²) in [5.41, 5.74) is 2.59. The second kappa shape index (κ2) is 9.39. The van der Waals surface area contributed by atoms with E-state index < -0.39 is 0 Å². The van der Waals surface area contributed by atoms with Gasteiger partial charge in [0, 0.05) is 56.2 Å². The molecule has 0 aromatic heterocycles. The van der Waals surface area contributed by atoms with Crippen LogP contribution in [0.3, 0.4) is 0 Å². The fourth-order valence-electron chi connectivity index (χ4n) is 3.05. The van der Waals surface area contributed by atoms with Crippen LogP contribution in [0.2, 0.25) is 0 Å². The zero-order chi connectivity index (χ0) is 19.1. The molecular formula is C21H28N4O2. The second-order valence-electron chi connectivity index (χ2n) is 6.83. The van der Waals surface area contributed by atoms with Crippen molar-refractivity contribution in [2.45, 2.75) is 0 Å². The average Bonchev–Trinajstić information content (AvgIpc) is 2.70. The first-order valence-corrected chi connectivity index (χ1v) is 9.34. The Kier molecular flexibility index (Phi) is 6.68. The number of piperazine rings is 1. The summed E-state index contributed by atoms with van der Waals surface area (Å²) in [6.45, 7) is 5.90. The largest absolute Gasteiger partial charge is 0.497 e. The molecule has 1 aliphatic rings. The lowest BCUT2D eigenvalue weighted by atomic mass is 10.2. The summed E-state index contributed by atoms with van der Waals surface area (Å²) in [4.78, 5) is 17.0. The first kappa shape index (κ1) is 19.2. The lowest BCUT2D eigenvalue weighted by molar-refractivity contribution is 0.0941. The highest BCUT2D eigenvalue weighted by Gasteiger charge is 2.13. The summed E-state index contributed by atoms with van der Waals surface area (Å²) < 4.78 is 5.16. The Morgan fingerprint density at radius 2 is 1.56 bits per heavy atom. The zero-order valence-electron chi connectivity index (χ0n) is 16.1. The number of hydrogen-bond acceptors (Lipinski definition) is 5. The van der Waals surface area contributed by atoms with Gasteiger partial charge in [-0.25, -0.2) is 0 Å². The van der Waals surface area contributed by atoms with E-state index in [1.807, 2.05) is 48.5 Å². The number of likely N-dealkylation sites (N-methyl/N-ethyl adjacent to an activating group) is 1. The Labute approximate surface area is 161 Å². The molecule has 6 heteroatoms. The number of rotatable bonds is 7. The lowest BCUT2D eigenvalue weighted by Crippen LogP contribution is -2.46. The van der Waals surface area contributed by atoms with Crippen molar-refractivity contribution in [3.8, 4) is 5.75 Å². The molecule has 0 unspecified atom stereocenters. The van der Waals surface area contributed by atoms with E-state index in [0.29, 0.717) is 12.1 Å². The van der Waals surface area contributed by atoms with Gasteiger partial charge in [-0.05, 0) is 55.6 Å². The lowest BCUT2D eigenvalue weighted by Gasteiger charge is -2.32. The highest BCUT2D eigenvalue weighted by atomic mass is 16.5. The minimum Gasteiger partial charge on any atom is -0.497 e. The summed E-state index contributed by atoms with van der Waals surface area (Å²) in [6.07, 6.45) is 0. The van der Waals surface area contributed by atoms with Crippen LogP contribution in [-0.2, 0) is 0 Å². The molecule has 0 aliphatic carbocycles. The van der Waals surface area contributed by atoms with Gasteiger partial charge in [0.1, 0.15) is 5.75 Å². The van der Waals surface area contributed by atoms with Gasteiger partial charge in [0.25, 0.3) is 5.91 Å². The number of benzene rings is 2. The molecule has 0 bridgehead atoms. The number of hydrogen-bond donors (Lipinski definition) is 2. The summed E-state index contributed by atoms with van der Waals surface area (Å²) in [5.74, 6) is 0.796. The number of amides is 1. The quantitative estimate of drug-likeness (QED) is 0.786. The molecule has 3 rings (SSSR count). The predicted octanol–water partition coefficient (Wildman–Crippen LogP) is 2.42. The maximum absolute atomic E-state index is 12.3. The first-order valence-electron chi connectivity index (χ1n) is 9.34. The number of carbonyl (C=O) groups excluding carboxylic acids is 1. The minimum atomic E-state index is -0.0277. The molecule has 1 fully saturated rings. The van der Waals surface area contributed by atoms with Crippen LogP contribution in [-0.4, -0.2) is 69.1 Å². The first-order chi connectivity index (χ1) is 13.1. The molecule has 144 valence electrons. The average molecular weight is 368 g/mol. The van der Waals surface area contributed by atoms with Gasteiger partial charge >= 0.3 is 0 Å². The maximum atomic E-state index is 12.3. The topological polar surface area (TPSA) is 56.8 Å². The number of nitrogens with zero attached hydrogens (tertiary/aromatic N) is 2. The van der Waals surface area contributed by atoms with Gasteiger partial charge < -0.3 is 20.3 Å². The third-order valence-electron chi connectivity index (χ3n) is 4.84. The number of anilines is 2. The predicted molar refractivity (Wildman–Crippen MR) is 109 cm³/mol. The van der Waals surface area contributed by atoms with Crippen LogP contribution in [0.15, 0.2) is 48.5 Å². The number of nitrogens with one attached hydrogen (secondary N) is 2. The molecule has 27 heavy (non-hydrogen) atoms. The third-order valence-corrected chi connectivity index (χ3v) is 4.84. The van der Waals surface area contributed by atoms with Crippen LogP contribution >= 0.6 is 0 Å². The van der Waals surface area contributed by atoms with Gasteiger partial charge in [0.2, 0.25) is 0 Å². The number of carbonyl (C=O) groups is 1. The Balaban J connectivity index is 1.45. The summed E-state index contributed by atoms with van der Waals surface area (Å²) in [6, 6.07) is 15.2. The van der Waals surface area contributed by atoms with Crippen molar-refractivity contribution in [2.75, 3.05) is 58.7 Å². The Bertz CT molecular complexity index is 723. The molecule has 2 aromatic rings. The van der Waals surface area contributed by atoms with Crippen LogP contribution < -0.4 is 15.4 Å². The molecule has 1 amide bonds. The van der Waals surface area contributed by atoms with Gasteiger partial charge in [0.15, 0.2) is 0 Å². The van der Waals surface area contributed by atoms with E-state index in [2.05, 4.69) is 27.5 Å². The molecule has 1 saturated heterocycles. The number of ether oxygens (including phenoxy) is 1. The van der Waals surface area contributed by atoms with Gasteiger partial charge in [-0.2, -0.15) is 0 Å². The van der Waals surface area contributed by atoms with Crippen LogP contribution in [0.25, 0.3) is 0 Å². The fraction of sp³-hybridized carbons (Fsp3) is 0.381. The third kappa shape index (κ3) is 5.70. The van der Waals surface area contributed by atoms with Crippen molar-refractivity contribution in [3.05, 3.63) is 54.1 Å². The highest BCUT2D eigenvalue weighted by molar-refractivity contribution is 5.94. The molecule has 0 spiro atoms. The van der Waals surface area contributed by atoms with Crippen molar-refractivity contribution in [1.82, 2.24) is 15.1 Å². The SMILES string of the molecule is COc1ccc(Nc2ccc(C(=O)NCCN3CCN(C)CC3)cc2)cc1. The molecular weight excluding hydrogens is 340 g/mol. The van der Waals surface area contributed by atoms with Crippen LogP contribution in [0.5, 0.6) is 5.75 Å². The molecule has 6 nitrogen and oxygen atoms in total. The van der Waals surface area contributed by atoms with Crippen molar-refractivity contribution >= 4 is 17.3 Å². The van der Waals surface area contributed by atoms with Crippen molar-refractivity contribution in [1.29, 1.82) is 0 Å². The standard InChI is InChI=1S/C21H28N4O2/c1-24-13-15-25(16-14-24)12-11-22-21(26)17-3-5-18(6-4-17)23-19-7-9-20(27-2)10-8-19/h3-10,23H,11-16H2,1-2H3,(H,22,26). The molecule has 2 N–H and O–H groups in total. The smallest absolute Gasteiger partial charge is 0.251 e. The molecule has 0 saturated carbocycles. The monoisotopic (exact) mass is 368 g/mol. The van der Waals surface area contributed by atoms with Crippen molar-refractivity contribution in [2.24, 2.45) is 0 Å². The maximum Gasteiger partial charge on any atom is 0.251 e. The zero-order valence-corrected chi connectivity index (χ0v) is 16.1. The molecule has 1 heterocycles. The van der Waals surface area contributed by atoms with E-state index in [4.69, 9.17) is 4.74 Å². The van der Waals surface area contributed by atoms with Crippen LogP contribution in [0, 0.1) is 0 Å². The van der Waals surface area contributed by atoms with Gasteiger partial charge in [-0.15, -0.1) is 0 Å². The van der Waals surface area contributed by atoms with Gasteiger partial charge in [0.05, 0.1) is 7.11 Å². The molecule has 1 aliphatic heterocycles. The minimum absolute atomic E-state index is 0.0277. The normalized spacial score (nSPS) is 15.3. The van der Waals surface area contributed by atoms with Gasteiger partial charge in [-0.1, -0.05) is 0 Å². The summed E-state index contributed by atoms with van der Waals surface area (Å²) >= 11 is 0. The number of methoxy groups -OCH3 is 1. The Hall–Kier alpha value is -2.57. The fourth-order valence-corrected chi connectivity index (χ4v) is 3.05. The van der Waals surface area contributed by atoms with Crippen LogP contribution in [0.1, 0.15) is 10.4 Å². The molecule has 0 atom stereocenters. The highest BCUT2D eigenvalue weighted by Crippen LogP contribution is 2.20. The van der Waals surface area contributed by atoms with Gasteiger partial charge in [-0.3, -0.25) is 9.69 Å². The second-order valence-corrected chi connectivity index (χ2v) is 6.83. The van der Waals surface area contributed by atoms with E-state index in [0.717, 1.165) is 49.8 Å². The molecule has 2 aromatic carbocycles. The summed E-state index contributed by atoms with van der Waals surface area (Å²) in [7, 11) is 3.80. The van der Waals surface area contributed by atoms with E-state index in [-0.39, 0.29) is 5.91 Å². The Morgan fingerprint density at radius 1 is 0.963 bits per heavy atom. The van der Waals surface area contributed by atoms with E-state index >= 15 is 0 Å².